The molecule has 0 saturated carbocycles. The van der Waals surface area contributed by atoms with E-state index in [1.165, 1.54) is 23.0 Å². The number of aryl methyl sites for hydroxylation is 2. The Hall–Kier alpha value is -2.52. The van der Waals surface area contributed by atoms with Crippen LogP contribution in [0.3, 0.4) is 0 Å². The van der Waals surface area contributed by atoms with Gasteiger partial charge in [-0.2, -0.15) is 0 Å². The molecule has 0 fully saturated rings. The average molecular weight is 463 g/mol. The van der Waals surface area contributed by atoms with Crippen molar-refractivity contribution >= 4 is 31.0 Å². The molecule has 166 valence electrons. The summed E-state index contributed by atoms with van der Waals surface area (Å²) in [6.07, 6.45) is 4.73. The number of nitrogens with zero attached hydrogens (tertiary/aromatic N) is 2. The Morgan fingerprint density at radius 1 is 0.968 bits per heavy atom. The third-order valence-electron chi connectivity index (χ3n) is 5.06. The van der Waals surface area contributed by atoms with Gasteiger partial charge in [-0.1, -0.05) is 37.6 Å². The molecule has 0 spiro atoms. The van der Waals surface area contributed by atoms with E-state index in [0.29, 0.717) is 17.5 Å². The van der Waals surface area contributed by atoms with E-state index in [2.05, 4.69) is 4.98 Å². The molecular weight excluding hydrogens is 436 g/mol. The van der Waals surface area contributed by atoms with Gasteiger partial charge in [0.15, 0.2) is 19.7 Å². The maximum absolute atomic E-state index is 13.7. The van der Waals surface area contributed by atoms with Gasteiger partial charge in [0.05, 0.1) is 23.2 Å². The van der Waals surface area contributed by atoms with Crippen LogP contribution in [0.4, 0.5) is 0 Å². The Balaban J connectivity index is 2.50. The van der Waals surface area contributed by atoms with E-state index in [1.54, 1.807) is 32.9 Å². The van der Waals surface area contributed by atoms with Crippen molar-refractivity contribution in [1.29, 1.82) is 0 Å². The molecule has 0 unspecified atom stereocenters. The van der Waals surface area contributed by atoms with Crippen LogP contribution >= 0.6 is 0 Å². The van der Waals surface area contributed by atoms with Crippen molar-refractivity contribution in [1.82, 2.24) is 9.38 Å². The number of carbonyl (C=O) groups excluding carboxylic acids is 1. The summed E-state index contributed by atoms with van der Waals surface area (Å²) in [6, 6.07) is 5.25. The van der Waals surface area contributed by atoms with Gasteiger partial charge in [0.2, 0.25) is 5.78 Å². The maximum atomic E-state index is 13.7. The fourth-order valence-corrected chi connectivity index (χ4v) is 7.76. The van der Waals surface area contributed by atoms with Gasteiger partial charge in [-0.15, -0.1) is 0 Å². The highest BCUT2D eigenvalue weighted by molar-refractivity contribution is 7.94. The summed E-state index contributed by atoms with van der Waals surface area (Å²) >= 11 is 0. The molecule has 1 aromatic carbocycles. The van der Waals surface area contributed by atoms with Gasteiger partial charge >= 0.3 is 0 Å². The van der Waals surface area contributed by atoms with E-state index in [4.69, 9.17) is 0 Å². The summed E-state index contributed by atoms with van der Waals surface area (Å²) in [5, 5.41) is 0. The zero-order valence-electron chi connectivity index (χ0n) is 18.0. The lowest BCUT2D eigenvalue weighted by Crippen LogP contribution is -2.17. The first-order valence-electron chi connectivity index (χ1n) is 10.1. The molecule has 0 aliphatic heterocycles. The number of hydrogen-bond donors (Lipinski definition) is 0. The van der Waals surface area contributed by atoms with Crippen LogP contribution in [0.5, 0.6) is 0 Å². The van der Waals surface area contributed by atoms with Crippen LogP contribution in [0.15, 0.2) is 46.6 Å². The minimum atomic E-state index is -4.06. The molecule has 31 heavy (non-hydrogen) atoms. The van der Waals surface area contributed by atoms with Crippen molar-refractivity contribution in [3.63, 3.8) is 0 Å². The zero-order chi connectivity index (χ0) is 23.0. The Kier molecular flexibility index (Phi) is 6.38. The Morgan fingerprint density at radius 2 is 1.58 bits per heavy atom. The number of aromatic nitrogens is 2. The molecule has 3 aromatic rings. The lowest BCUT2D eigenvalue weighted by Gasteiger charge is -2.10. The van der Waals surface area contributed by atoms with E-state index in [0.717, 1.165) is 5.56 Å². The second kappa shape index (κ2) is 8.55. The van der Waals surface area contributed by atoms with Crippen LogP contribution in [0, 0.1) is 13.8 Å². The smallest absolute Gasteiger partial charge is 0.211 e. The van der Waals surface area contributed by atoms with Crippen molar-refractivity contribution in [2.75, 3.05) is 11.5 Å². The van der Waals surface area contributed by atoms with Crippen LogP contribution < -0.4 is 0 Å². The summed E-state index contributed by atoms with van der Waals surface area (Å²) in [4.78, 5) is 16.9. The summed E-state index contributed by atoms with van der Waals surface area (Å²) in [5.74, 6) is -1.03. The predicted molar refractivity (Wildman–Crippen MR) is 119 cm³/mol. The molecule has 7 nitrogen and oxygen atoms in total. The standard InChI is InChI=1S/C22H26N2O5S2/c1-5-11-30(26,27)21-18-14-23-9-10-24(18)19(22(21)31(28,29)12-6-2)20(25)17-8-7-15(3)13-16(17)4/h7-10,13-14H,5-6,11-12H2,1-4H3. The molecule has 0 amide bonds. The largest absolute Gasteiger partial charge is 0.308 e. The molecule has 0 atom stereocenters. The van der Waals surface area contributed by atoms with E-state index in [9.17, 15) is 21.6 Å². The third-order valence-corrected chi connectivity index (χ3v) is 9.14. The summed E-state index contributed by atoms with van der Waals surface area (Å²) < 4.78 is 54.4. The topological polar surface area (TPSA) is 103 Å². The number of benzene rings is 1. The summed E-state index contributed by atoms with van der Waals surface area (Å²) in [7, 11) is -8.03. The summed E-state index contributed by atoms with van der Waals surface area (Å²) in [5.41, 5.74) is 1.91. The first kappa shape index (κ1) is 23.1. The average Bonchev–Trinajstić information content (AvgIpc) is 3.04. The molecule has 0 N–H and O–H groups in total. The lowest BCUT2D eigenvalue weighted by molar-refractivity contribution is 0.102. The highest BCUT2D eigenvalue weighted by atomic mass is 32.2. The zero-order valence-corrected chi connectivity index (χ0v) is 19.7. The maximum Gasteiger partial charge on any atom is 0.211 e. The summed E-state index contributed by atoms with van der Waals surface area (Å²) in [6.45, 7) is 7.06. The normalized spacial score (nSPS) is 12.4. The number of hydrogen-bond acceptors (Lipinski definition) is 6. The molecule has 0 bridgehead atoms. The van der Waals surface area contributed by atoms with Crippen LogP contribution in [0.2, 0.25) is 0 Å². The monoisotopic (exact) mass is 462 g/mol. The Labute approximate surface area is 183 Å². The minimum Gasteiger partial charge on any atom is -0.308 e. The molecule has 0 radical (unpaired) electrons. The second-order valence-electron chi connectivity index (χ2n) is 7.62. The molecule has 0 aliphatic rings. The fraction of sp³-hybridized carbons (Fsp3) is 0.364. The number of carbonyl (C=O) groups is 1. The Morgan fingerprint density at radius 3 is 2.16 bits per heavy atom. The predicted octanol–water partition coefficient (Wildman–Crippen LogP) is 3.55. The third kappa shape index (κ3) is 4.16. The van der Waals surface area contributed by atoms with Gasteiger partial charge in [-0.25, -0.2) is 16.8 Å². The van der Waals surface area contributed by atoms with Crippen molar-refractivity contribution < 1.29 is 21.6 Å². The van der Waals surface area contributed by atoms with Crippen LogP contribution in [-0.2, 0) is 19.7 Å². The lowest BCUT2D eigenvalue weighted by atomic mass is 10.0. The van der Waals surface area contributed by atoms with Crippen molar-refractivity contribution in [3.05, 3.63) is 59.2 Å². The first-order chi connectivity index (χ1) is 14.5. The molecule has 2 heterocycles. The molecule has 2 aromatic heterocycles. The number of sulfone groups is 2. The highest BCUT2D eigenvalue weighted by Gasteiger charge is 2.37. The highest BCUT2D eigenvalue weighted by Crippen LogP contribution is 2.35. The minimum absolute atomic E-state index is 0.0961. The first-order valence-corrected chi connectivity index (χ1v) is 13.4. The van der Waals surface area contributed by atoms with Gasteiger partial charge in [0.1, 0.15) is 15.5 Å². The van der Waals surface area contributed by atoms with Crippen LogP contribution in [0.1, 0.15) is 53.9 Å². The van der Waals surface area contributed by atoms with Crippen molar-refractivity contribution in [2.45, 2.75) is 50.3 Å². The fourth-order valence-electron chi connectivity index (χ4n) is 3.80. The van der Waals surface area contributed by atoms with Gasteiger partial charge in [0, 0.05) is 18.0 Å². The molecule has 0 aliphatic carbocycles. The van der Waals surface area contributed by atoms with Gasteiger partial charge in [-0.05, 0) is 32.3 Å². The Bertz CT molecular complexity index is 1370. The van der Waals surface area contributed by atoms with Crippen LogP contribution in [-0.4, -0.2) is 43.5 Å². The SMILES string of the molecule is CCCS(=O)(=O)c1c(S(=O)(=O)CCC)c2cnccn2c1C(=O)c1ccc(C)cc1C. The molecule has 9 heteroatoms. The van der Waals surface area contributed by atoms with Gasteiger partial charge < -0.3 is 4.40 Å². The van der Waals surface area contributed by atoms with Crippen LogP contribution in [0.25, 0.3) is 5.52 Å². The number of fused-ring (bicyclic) bond motifs is 1. The number of rotatable bonds is 8. The molecular formula is C22H26N2O5S2. The van der Waals surface area contributed by atoms with Gasteiger partial charge in [0.25, 0.3) is 0 Å². The van der Waals surface area contributed by atoms with E-state index in [-0.39, 0.29) is 34.0 Å². The van der Waals surface area contributed by atoms with Crippen molar-refractivity contribution in [3.8, 4) is 0 Å². The van der Waals surface area contributed by atoms with E-state index in [1.807, 2.05) is 13.0 Å². The molecule has 3 rings (SSSR count). The molecule has 0 saturated heterocycles. The van der Waals surface area contributed by atoms with Gasteiger partial charge in [-0.3, -0.25) is 9.78 Å². The van der Waals surface area contributed by atoms with E-state index < -0.39 is 30.4 Å². The second-order valence-corrected chi connectivity index (χ2v) is 11.7. The quantitative estimate of drug-likeness (QED) is 0.474. The van der Waals surface area contributed by atoms with Crippen molar-refractivity contribution in [2.24, 2.45) is 0 Å². The van der Waals surface area contributed by atoms with E-state index >= 15 is 0 Å². The number of ketones is 1.